The third kappa shape index (κ3) is 1.65. The molecule has 2 heteroatoms. The standard InChI is InChI=1S/C11H17NS/c1-2-12-9-11(6-4-7-11)10-5-3-8-13-10/h3,5,8,12H,2,4,6-7,9H2,1H3. The molecule has 0 saturated heterocycles. The fourth-order valence-corrected chi connectivity index (χ4v) is 3.05. The summed E-state index contributed by atoms with van der Waals surface area (Å²) in [5, 5.41) is 5.68. The topological polar surface area (TPSA) is 12.0 Å². The molecule has 0 spiro atoms. The van der Waals surface area contributed by atoms with Gasteiger partial charge in [-0.15, -0.1) is 11.3 Å². The van der Waals surface area contributed by atoms with E-state index in [1.165, 1.54) is 25.8 Å². The number of rotatable bonds is 4. The average molecular weight is 195 g/mol. The van der Waals surface area contributed by atoms with Gasteiger partial charge in [-0.2, -0.15) is 0 Å². The zero-order chi connectivity index (χ0) is 9.15. The first-order chi connectivity index (χ1) is 6.37. The number of hydrogen-bond donors (Lipinski definition) is 1. The Balaban J connectivity index is 2.07. The molecule has 0 aliphatic heterocycles. The predicted molar refractivity (Wildman–Crippen MR) is 58.4 cm³/mol. The minimum atomic E-state index is 0.504. The SMILES string of the molecule is CCNCC1(c2cccs2)CCC1. The van der Waals surface area contributed by atoms with Crippen molar-refractivity contribution >= 4 is 11.3 Å². The predicted octanol–water partition coefficient (Wildman–Crippen LogP) is 2.78. The minimum Gasteiger partial charge on any atom is -0.316 e. The van der Waals surface area contributed by atoms with Crippen LogP contribution in [0.25, 0.3) is 0 Å². The zero-order valence-corrected chi connectivity index (χ0v) is 8.99. The highest BCUT2D eigenvalue weighted by Crippen LogP contribution is 2.44. The van der Waals surface area contributed by atoms with Gasteiger partial charge in [-0.05, 0) is 30.8 Å². The number of likely N-dealkylation sites (N-methyl/N-ethyl adjacent to an activating group) is 1. The quantitative estimate of drug-likeness (QED) is 0.779. The second-order valence-electron chi connectivity index (χ2n) is 3.89. The van der Waals surface area contributed by atoms with Crippen molar-refractivity contribution in [2.45, 2.75) is 31.6 Å². The van der Waals surface area contributed by atoms with Crippen molar-refractivity contribution in [3.8, 4) is 0 Å². The normalized spacial score (nSPS) is 19.8. The van der Waals surface area contributed by atoms with Crippen LogP contribution in [0.5, 0.6) is 0 Å². The summed E-state index contributed by atoms with van der Waals surface area (Å²) in [6.07, 6.45) is 4.16. The highest BCUT2D eigenvalue weighted by atomic mass is 32.1. The lowest BCUT2D eigenvalue weighted by Gasteiger charge is -2.41. The molecular formula is C11H17NS. The van der Waals surface area contributed by atoms with E-state index in [1.807, 2.05) is 11.3 Å². The van der Waals surface area contributed by atoms with Crippen LogP contribution >= 0.6 is 11.3 Å². The Bertz CT molecular complexity index is 249. The highest BCUT2D eigenvalue weighted by molar-refractivity contribution is 7.10. The fourth-order valence-electron chi connectivity index (χ4n) is 2.06. The van der Waals surface area contributed by atoms with Gasteiger partial charge in [0.1, 0.15) is 0 Å². The molecule has 1 fully saturated rings. The monoisotopic (exact) mass is 195 g/mol. The van der Waals surface area contributed by atoms with Crippen LogP contribution in [0.4, 0.5) is 0 Å². The van der Waals surface area contributed by atoms with Crippen molar-refractivity contribution in [1.29, 1.82) is 0 Å². The van der Waals surface area contributed by atoms with E-state index in [0.717, 1.165) is 6.54 Å². The summed E-state index contributed by atoms with van der Waals surface area (Å²) in [4.78, 5) is 1.58. The molecule has 1 aliphatic carbocycles. The molecule has 1 aliphatic rings. The zero-order valence-electron chi connectivity index (χ0n) is 8.18. The Morgan fingerprint density at radius 1 is 1.54 bits per heavy atom. The largest absolute Gasteiger partial charge is 0.316 e. The van der Waals surface area contributed by atoms with E-state index in [2.05, 4.69) is 29.8 Å². The number of thiophene rings is 1. The molecule has 2 rings (SSSR count). The van der Waals surface area contributed by atoms with Crippen LogP contribution in [0, 0.1) is 0 Å². The van der Waals surface area contributed by atoms with Gasteiger partial charge < -0.3 is 5.32 Å². The van der Waals surface area contributed by atoms with Crippen molar-refractivity contribution in [3.63, 3.8) is 0 Å². The van der Waals surface area contributed by atoms with E-state index in [-0.39, 0.29) is 0 Å². The maximum absolute atomic E-state index is 3.49. The highest BCUT2D eigenvalue weighted by Gasteiger charge is 2.38. The molecule has 0 atom stereocenters. The lowest BCUT2D eigenvalue weighted by atomic mass is 9.68. The average Bonchev–Trinajstić information content (AvgIpc) is 2.56. The Labute approximate surface area is 84.2 Å². The maximum Gasteiger partial charge on any atom is 0.0172 e. The van der Waals surface area contributed by atoms with Crippen molar-refractivity contribution in [2.24, 2.45) is 0 Å². The van der Waals surface area contributed by atoms with Crippen molar-refractivity contribution < 1.29 is 0 Å². The van der Waals surface area contributed by atoms with E-state index in [0.29, 0.717) is 5.41 Å². The molecule has 0 unspecified atom stereocenters. The molecule has 1 heterocycles. The molecule has 0 amide bonds. The summed E-state index contributed by atoms with van der Waals surface area (Å²) in [5.41, 5.74) is 0.504. The van der Waals surface area contributed by atoms with Crippen molar-refractivity contribution in [1.82, 2.24) is 5.32 Å². The molecular weight excluding hydrogens is 178 g/mol. The van der Waals surface area contributed by atoms with Gasteiger partial charge >= 0.3 is 0 Å². The van der Waals surface area contributed by atoms with E-state index < -0.39 is 0 Å². The summed E-state index contributed by atoms with van der Waals surface area (Å²) in [7, 11) is 0. The van der Waals surface area contributed by atoms with E-state index >= 15 is 0 Å². The molecule has 72 valence electrons. The number of nitrogens with one attached hydrogen (secondary N) is 1. The molecule has 0 bridgehead atoms. The summed E-state index contributed by atoms with van der Waals surface area (Å²) in [5.74, 6) is 0. The Hall–Kier alpha value is -0.340. The first-order valence-electron chi connectivity index (χ1n) is 5.12. The van der Waals surface area contributed by atoms with Crippen LogP contribution in [0.15, 0.2) is 17.5 Å². The van der Waals surface area contributed by atoms with Gasteiger partial charge in [0.05, 0.1) is 0 Å². The molecule has 1 aromatic rings. The van der Waals surface area contributed by atoms with Gasteiger partial charge in [-0.25, -0.2) is 0 Å². The second kappa shape index (κ2) is 3.81. The molecule has 1 N–H and O–H groups in total. The van der Waals surface area contributed by atoms with E-state index in [1.54, 1.807) is 4.88 Å². The van der Waals surface area contributed by atoms with E-state index in [9.17, 15) is 0 Å². The lowest BCUT2D eigenvalue weighted by Crippen LogP contribution is -2.43. The molecule has 0 aromatic carbocycles. The van der Waals surface area contributed by atoms with Crippen LogP contribution in [-0.4, -0.2) is 13.1 Å². The van der Waals surface area contributed by atoms with Gasteiger partial charge in [-0.1, -0.05) is 19.4 Å². The van der Waals surface area contributed by atoms with Crippen LogP contribution in [0.1, 0.15) is 31.1 Å². The van der Waals surface area contributed by atoms with E-state index in [4.69, 9.17) is 0 Å². The van der Waals surface area contributed by atoms with Crippen molar-refractivity contribution in [2.75, 3.05) is 13.1 Å². The fraction of sp³-hybridized carbons (Fsp3) is 0.636. The summed E-state index contributed by atoms with van der Waals surface area (Å²) < 4.78 is 0. The van der Waals surface area contributed by atoms with Crippen LogP contribution in [0.2, 0.25) is 0 Å². The third-order valence-electron chi connectivity index (χ3n) is 3.07. The van der Waals surface area contributed by atoms with Crippen LogP contribution < -0.4 is 5.32 Å². The smallest absolute Gasteiger partial charge is 0.0172 e. The molecule has 13 heavy (non-hydrogen) atoms. The van der Waals surface area contributed by atoms with Gasteiger partial charge in [0.25, 0.3) is 0 Å². The van der Waals surface area contributed by atoms with Crippen molar-refractivity contribution in [3.05, 3.63) is 22.4 Å². The maximum atomic E-state index is 3.49. The molecule has 1 nitrogen and oxygen atoms in total. The summed E-state index contributed by atoms with van der Waals surface area (Å²) in [6.45, 7) is 4.44. The molecule has 0 radical (unpaired) electrons. The Morgan fingerprint density at radius 3 is 2.85 bits per heavy atom. The van der Waals surface area contributed by atoms with Gasteiger partial charge in [0, 0.05) is 16.8 Å². The Kier molecular flexibility index (Phi) is 2.70. The Morgan fingerprint density at radius 2 is 2.38 bits per heavy atom. The van der Waals surface area contributed by atoms with Gasteiger partial charge in [0.15, 0.2) is 0 Å². The summed E-state index contributed by atoms with van der Waals surface area (Å²) in [6, 6.07) is 4.47. The molecule has 1 aromatic heterocycles. The first kappa shape index (κ1) is 9.22. The van der Waals surface area contributed by atoms with Gasteiger partial charge in [-0.3, -0.25) is 0 Å². The minimum absolute atomic E-state index is 0.504. The third-order valence-corrected chi connectivity index (χ3v) is 4.18. The summed E-state index contributed by atoms with van der Waals surface area (Å²) >= 11 is 1.92. The lowest BCUT2D eigenvalue weighted by molar-refractivity contribution is 0.240. The second-order valence-corrected chi connectivity index (χ2v) is 4.84. The first-order valence-corrected chi connectivity index (χ1v) is 6.00. The van der Waals surface area contributed by atoms with Crippen LogP contribution in [-0.2, 0) is 5.41 Å². The molecule has 1 saturated carbocycles. The van der Waals surface area contributed by atoms with Crippen LogP contribution in [0.3, 0.4) is 0 Å². The number of hydrogen-bond acceptors (Lipinski definition) is 2. The van der Waals surface area contributed by atoms with Gasteiger partial charge in [0.2, 0.25) is 0 Å².